The summed E-state index contributed by atoms with van der Waals surface area (Å²) in [5.74, 6) is -0.447. The quantitative estimate of drug-likeness (QED) is 0.0865. The number of allylic oxidation sites excluding steroid dienone is 1. The molecule has 3 saturated carbocycles. The number of carbonyl (C=O) groups is 3. The SMILES string of the molecule is C1CCC(NC2CCCCC2)CC1.CCCCC[C@H](O)/C=C/[C@H]1CCC(=O)[C@@H]1CCCCCCC(=O)NC(CC(=O)O)c1ccccc1. The van der Waals surface area contributed by atoms with E-state index in [-0.39, 0.29) is 24.2 Å². The van der Waals surface area contributed by atoms with Gasteiger partial charge in [-0.25, -0.2) is 0 Å². The van der Waals surface area contributed by atoms with Crippen molar-refractivity contribution < 1.29 is 24.6 Å². The molecule has 1 aromatic carbocycles. The summed E-state index contributed by atoms with van der Waals surface area (Å²) in [6.07, 6.45) is 28.3. The molecular formula is C41H66N2O5. The van der Waals surface area contributed by atoms with Gasteiger partial charge in [-0.15, -0.1) is 0 Å². The molecule has 3 aliphatic rings. The summed E-state index contributed by atoms with van der Waals surface area (Å²) >= 11 is 0. The van der Waals surface area contributed by atoms with E-state index in [0.29, 0.717) is 18.6 Å². The van der Waals surface area contributed by atoms with Crippen molar-refractivity contribution in [3.05, 3.63) is 48.0 Å². The van der Waals surface area contributed by atoms with Gasteiger partial charge in [-0.3, -0.25) is 14.4 Å². The molecule has 0 bridgehead atoms. The van der Waals surface area contributed by atoms with Gasteiger partial charge in [0.25, 0.3) is 0 Å². The summed E-state index contributed by atoms with van der Waals surface area (Å²) in [5, 5.41) is 26.0. The number of unbranched alkanes of at least 4 members (excludes halogenated alkanes) is 5. The minimum absolute atomic E-state index is 0.0556. The highest BCUT2D eigenvalue weighted by atomic mass is 16.4. The van der Waals surface area contributed by atoms with Crippen molar-refractivity contribution in [2.75, 3.05) is 0 Å². The van der Waals surface area contributed by atoms with Crippen molar-refractivity contribution in [2.24, 2.45) is 11.8 Å². The van der Waals surface area contributed by atoms with Crippen LogP contribution < -0.4 is 10.6 Å². The van der Waals surface area contributed by atoms with Crippen LogP contribution in [-0.4, -0.2) is 46.1 Å². The summed E-state index contributed by atoms with van der Waals surface area (Å²) in [4.78, 5) is 35.9. The van der Waals surface area contributed by atoms with Gasteiger partial charge in [0.1, 0.15) is 5.78 Å². The van der Waals surface area contributed by atoms with E-state index in [0.717, 1.165) is 81.9 Å². The van der Waals surface area contributed by atoms with Crippen LogP contribution in [0.25, 0.3) is 0 Å². The Morgan fingerprint density at radius 3 is 2.12 bits per heavy atom. The number of benzene rings is 1. The molecule has 48 heavy (non-hydrogen) atoms. The molecule has 1 unspecified atom stereocenters. The Balaban J connectivity index is 0.000000396. The van der Waals surface area contributed by atoms with Crippen molar-refractivity contribution in [3.8, 4) is 0 Å². The predicted octanol–water partition coefficient (Wildman–Crippen LogP) is 8.99. The first-order valence-electron chi connectivity index (χ1n) is 19.6. The van der Waals surface area contributed by atoms with Crippen LogP contribution in [0.15, 0.2) is 42.5 Å². The van der Waals surface area contributed by atoms with Crippen LogP contribution in [0.4, 0.5) is 0 Å². The highest BCUT2D eigenvalue weighted by Crippen LogP contribution is 2.34. The molecule has 0 aromatic heterocycles. The van der Waals surface area contributed by atoms with E-state index in [1.165, 1.54) is 64.2 Å². The smallest absolute Gasteiger partial charge is 0.305 e. The van der Waals surface area contributed by atoms with Crippen LogP contribution in [0.5, 0.6) is 0 Å². The predicted molar refractivity (Wildman–Crippen MR) is 195 cm³/mol. The summed E-state index contributed by atoms with van der Waals surface area (Å²) < 4.78 is 0. The van der Waals surface area contributed by atoms with Crippen molar-refractivity contribution >= 4 is 17.7 Å². The maximum absolute atomic E-state index is 12.4. The fourth-order valence-corrected chi connectivity index (χ4v) is 7.76. The van der Waals surface area contributed by atoms with E-state index < -0.39 is 18.1 Å². The van der Waals surface area contributed by atoms with Gasteiger partial charge in [-0.05, 0) is 62.8 Å². The van der Waals surface area contributed by atoms with Crippen LogP contribution in [-0.2, 0) is 14.4 Å². The molecule has 0 heterocycles. The fraction of sp³-hybridized carbons (Fsp3) is 0.732. The van der Waals surface area contributed by atoms with Crippen LogP contribution in [0.2, 0.25) is 0 Å². The van der Waals surface area contributed by atoms with Crippen molar-refractivity contribution in [2.45, 2.75) is 179 Å². The molecule has 3 aliphatic carbocycles. The fourth-order valence-electron chi connectivity index (χ4n) is 7.76. The molecule has 4 atom stereocenters. The Kier molecular flexibility index (Phi) is 19.8. The van der Waals surface area contributed by atoms with Gasteiger partial charge in [-0.1, -0.05) is 126 Å². The normalized spacial score (nSPS) is 21.8. The van der Waals surface area contributed by atoms with Crippen LogP contribution >= 0.6 is 0 Å². The Bertz CT molecular complexity index is 1050. The first-order valence-corrected chi connectivity index (χ1v) is 19.6. The van der Waals surface area contributed by atoms with Gasteiger partial charge in [0, 0.05) is 30.8 Å². The van der Waals surface area contributed by atoms with Gasteiger partial charge >= 0.3 is 5.97 Å². The zero-order chi connectivity index (χ0) is 34.4. The molecular weight excluding hydrogens is 600 g/mol. The Labute approximate surface area is 291 Å². The van der Waals surface area contributed by atoms with E-state index in [1.54, 1.807) is 0 Å². The maximum Gasteiger partial charge on any atom is 0.305 e. The first kappa shape index (κ1) is 39.9. The number of carboxylic acid groups (broad SMARTS) is 1. The van der Waals surface area contributed by atoms with Crippen molar-refractivity contribution in [1.82, 2.24) is 10.6 Å². The second-order valence-electron chi connectivity index (χ2n) is 14.6. The van der Waals surface area contributed by atoms with Gasteiger partial charge in [0.15, 0.2) is 0 Å². The number of nitrogens with one attached hydrogen (secondary N) is 2. The average Bonchev–Trinajstić information content (AvgIpc) is 3.45. The minimum Gasteiger partial charge on any atom is -0.481 e. The Morgan fingerprint density at radius 2 is 1.50 bits per heavy atom. The topological polar surface area (TPSA) is 116 Å². The molecule has 4 N–H and O–H groups in total. The number of ketones is 1. The Morgan fingerprint density at radius 1 is 0.854 bits per heavy atom. The highest BCUT2D eigenvalue weighted by molar-refractivity contribution is 5.83. The Hall–Kier alpha value is -2.51. The third-order valence-electron chi connectivity index (χ3n) is 10.6. The molecule has 0 saturated heterocycles. The standard InChI is InChI=1S/C29H43NO5.C12H23N/c1-2-3-7-14-24(31)19-17-22-18-20-27(32)25(22)15-10-4-5-11-16-28(33)30-26(21-29(34)35)23-12-8-6-9-13-23;1-3-7-11(8-4-1)13-12-9-5-2-6-10-12/h6,8-9,12-13,17,19,22,24-26,31H,2-5,7,10-11,14-16,18,20-21H2,1H3,(H,30,33)(H,34,35);11-13H,1-10H2/b19-17+;/t22-,24-,25+,26?;/m0./s1. The molecule has 0 spiro atoms. The molecule has 7 nitrogen and oxygen atoms in total. The second kappa shape index (κ2) is 23.8. The average molecular weight is 667 g/mol. The summed E-state index contributed by atoms with van der Waals surface area (Å²) in [7, 11) is 0. The van der Waals surface area contributed by atoms with Crippen molar-refractivity contribution in [1.29, 1.82) is 0 Å². The number of aliphatic hydroxyl groups excluding tert-OH is 1. The minimum atomic E-state index is -0.945. The number of carbonyl (C=O) groups excluding carboxylic acids is 2. The third-order valence-corrected chi connectivity index (χ3v) is 10.6. The third kappa shape index (κ3) is 16.3. The van der Waals surface area contributed by atoms with E-state index in [1.807, 2.05) is 36.4 Å². The second-order valence-corrected chi connectivity index (χ2v) is 14.6. The van der Waals surface area contributed by atoms with Crippen LogP contribution in [0, 0.1) is 11.8 Å². The lowest BCUT2D eigenvalue weighted by Gasteiger charge is -2.30. The molecule has 0 aliphatic heterocycles. The number of Topliss-reactive ketones (excluding diaryl/α,β-unsaturated/α-hetero) is 1. The van der Waals surface area contributed by atoms with E-state index in [9.17, 15) is 24.6 Å². The van der Waals surface area contributed by atoms with E-state index in [2.05, 4.69) is 23.6 Å². The molecule has 0 radical (unpaired) electrons. The molecule has 270 valence electrons. The van der Waals surface area contributed by atoms with Crippen LogP contribution in [0.3, 0.4) is 0 Å². The summed E-state index contributed by atoms with van der Waals surface area (Å²) in [5.41, 5.74) is 0.793. The molecule has 1 amide bonds. The monoisotopic (exact) mass is 666 g/mol. The molecule has 1 aromatic rings. The number of aliphatic carboxylic acids is 1. The highest BCUT2D eigenvalue weighted by Gasteiger charge is 2.32. The van der Waals surface area contributed by atoms with Gasteiger partial charge < -0.3 is 20.8 Å². The zero-order valence-corrected chi connectivity index (χ0v) is 29.9. The number of aliphatic hydroxyl groups is 1. The lowest BCUT2D eigenvalue weighted by molar-refractivity contribution is -0.137. The zero-order valence-electron chi connectivity index (χ0n) is 29.9. The summed E-state index contributed by atoms with van der Waals surface area (Å²) in [6.45, 7) is 2.15. The lowest BCUT2D eigenvalue weighted by Crippen LogP contribution is -2.40. The largest absolute Gasteiger partial charge is 0.481 e. The lowest BCUT2D eigenvalue weighted by atomic mass is 9.89. The van der Waals surface area contributed by atoms with Gasteiger partial charge in [-0.2, -0.15) is 0 Å². The molecule has 3 fully saturated rings. The van der Waals surface area contributed by atoms with Gasteiger partial charge in [0.2, 0.25) is 5.91 Å². The summed E-state index contributed by atoms with van der Waals surface area (Å²) in [6, 6.07) is 10.4. The number of rotatable bonds is 19. The van der Waals surface area contributed by atoms with Crippen LogP contribution in [0.1, 0.15) is 166 Å². The van der Waals surface area contributed by atoms with E-state index >= 15 is 0 Å². The first-order chi connectivity index (χ1) is 23.4. The number of amides is 1. The van der Waals surface area contributed by atoms with E-state index in [4.69, 9.17) is 0 Å². The van der Waals surface area contributed by atoms with Crippen molar-refractivity contribution in [3.63, 3.8) is 0 Å². The van der Waals surface area contributed by atoms with Gasteiger partial charge in [0.05, 0.1) is 18.6 Å². The maximum atomic E-state index is 12.4. The number of hydrogen-bond donors (Lipinski definition) is 4. The number of hydrogen-bond acceptors (Lipinski definition) is 5. The molecule has 4 rings (SSSR count). The number of carboxylic acids is 1. The molecule has 7 heteroatoms.